The standard InChI is InChI=1S/C22H26BrN3O6/c1-3-31-17-7-5-16(6-8-17)24-20(27)10-11-21(28)25-26-22(29)18-14-15(23)4-9-19(18)32-13-12-30-2/h4-9,14H,3,10-13H2,1-2H3,(H,24,27)(H,25,28)(H,26,29). The van der Waals surface area contributed by atoms with E-state index in [1.54, 1.807) is 49.6 Å². The van der Waals surface area contributed by atoms with Gasteiger partial charge in [0.25, 0.3) is 5.91 Å². The molecule has 32 heavy (non-hydrogen) atoms. The number of anilines is 1. The van der Waals surface area contributed by atoms with Crippen molar-refractivity contribution in [3.63, 3.8) is 0 Å². The van der Waals surface area contributed by atoms with Gasteiger partial charge in [0.15, 0.2) is 0 Å². The molecule has 0 saturated carbocycles. The van der Waals surface area contributed by atoms with Crippen LogP contribution in [0.15, 0.2) is 46.9 Å². The topological polar surface area (TPSA) is 115 Å². The summed E-state index contributed by atoms with van der Waals surface area (Å²) in [5, 5.41) is 2.70. The second-order valence-electron chi connectivity index (χ2n) is 6.49. The molecule has 0 heterocycles. The minimum absolute atomic E-state index is 0.0445. The van der Waals surface area contributed by atoms with E-state index in [1.807, 2.05) is 6.92 Å². The molecule has 0 bridgehead atoms. The molecular formula is C22H26BrN3O6. The average Bonchev–Trinajstić information content (AvgIpc) is 2.78. The lowest BCUT2D eigenvalue weighted by molar-refractivity contribution is -0.124. The van der Waals surface area contributed by atoms with E-state index in [0.29, 0.717) is 34.9 Å². The number of hydrazine groups is 1. The van der Waals surface area contributed by atoms with Crippen LogP contribution in [-0.2, 0) is 14.3 Å². The van der Waals surface area contributed by atoms with E-state index in [9.17, 15) is 14.4 Å². The summed E-state index contributed by atoms with van der Waals surface area (Å²) in [6.07, 6.45) is -0.143. The number of carbonyl (C=O) groups excluding carboxylic acids is 3. The molecule has 2 rings (SSSR count). The molecule has 0 aliphatic rings. The first-order valence-electron chi connectivity index (χ1n) is 9.96. The number of amides is 3. The predicted octanol–water partition coefficient (Wildman–Crippen LogP) is 3.05. The number of benzene rings is 2. The van der Waals surface area contributed by atoms with Gasteiger partial charge in [0.05, 0.1) is 18.8 Å². The first-order chi connectivity index (χ1) is 15.4. The predicted molar refractivity (Wildman–Crippen MR) is 123 cm³/mol. The Labute approximate surface area is 194 Å². The Bertz CT molecular complexity index is 920. The van der Waals surface area contributed by atoms with Crippen molar-refractivity contribution in [2.75, 3.05) is 32.2 Å². The number of ether oxygens (including phenoxy) is 3. The molecule has 0 aliphatic heterocycles. The Kier molecular flexibility index (Phi) is 10.5. The fraction of sp³-hybridized carbons (Fsp3) is 0.318. The highest BCUT2D eigenvalue weighted by molar-refractivity contribution is 9.10. The summed E-state index contributed by atoms with van der Waals surface area (Å²) in [4.78, 5) is 36.5. The van der Waals surface area contributed by atoms with Crippen LogP contribution in [-0.4, -0.2) is 44.7 Å². The average molecular weight is 508 g/mol. The molecule has 9 nitrogen and oxygen atoms in total. The Balaban J connectivity index is 1.79. The lowest BCUT2D eigenvalue weighted by atomic mass is 10.2. The van der Waals surface area contributed by atoms with E-state index in [1.165, 1.54) is 0 Å². The van der Waals surface area contributed by atoms with Crippen molar-refractivity contribution >= 4 is 39.3 Å². The molecule has 0 radical (unpaired) electrons. The molecule has 2 aromatic rings. The van der Waals surface area contributed by atoms with Crippen LogP contribution in [0.1, 0.15) is 30.1 Å². The summed E-state index contributed by atoms with van der Waals surface area (Å²) in [5.41, 5.74) is 5.48. The summed E-state index contributed by atoms with van der Waals surface area (Å²) in [5.74, 6) is -0.315. The second-order valence-corrected chi connectivity index (χ2v) is 7.41. The molecule has 3 N–H and O–H groups in total. The van der Waals surface area contributed by atoms with Crippen molar-refractivity contribution in [2.24, 2.45) is 0 Å². The van der Waals surface area contributed by atoms with Crippen molar-refractivity contribution < 1.29 is 28.6 Å². The molecule has 10 heteroatoms. The number of hydrogen-bond acceptors (Lipinski definition) is 6. The molecule has 0 saturated heterocycles. The van der Waals surface area contributed by atoms with Gasteiger partial charge in [-0.3, -0.25) is 25.2 Å². The maximum Gasteiger partial charge on any atom is 0.273 e. The van der Waals surface area contributed by atoms with Crippen molar-refractivity contribution in [2.45, 2.75) is 19.8 Å². The third kappa shape index (κ3) is 8.56. The van der Waals surface area contributed by atoms with Gasteiger partial charge in [0.2, 0.25) is 11.8 Å². The highest BCUT2D eigenvalue weighted by Gasteiger charge is 2.15. The molecule has 0 aromatic heterocycles. The lowest BCUT2D eigenvalue weighted by Gasteiger charge is -2.13. The summed E-state index contributed by atoms with van der Waals surface area (Å²) in [7, 11) is 1.55. The highest BCUT2D eigenvalue weighted by atomic mass is 79.9. The summed E-state index contributed by atoms with van der Waals surface area (Å²) in [6.45, 7) is 3.08. The zero-order valence-corrected chi connectivity index (χ0v) is 19.5. The van der Waals surface area contributed by atoms with E-state index in [2.05, 4.69) is 32.1 Å². The van der Waals surface area contributed by atoms with Gasteiger partial charge in [0.1, 0.15) is 18.1 Å². The van der Waals surface area contributed by atoms with Crippen molar-refractivity contribution in [1.29, 1.82) is 0 Å². The van der Waals surface area contributed by atoms with E-state index in [4.69, 9.17) is 14.2 Å². The van der Waals surface area contributed by atoms with Gasteiger partial charge in [-0.15, -0.1) is 0 Å². The van der Waals surface area contributed by atoms with E-state index >= 15 is 0 Å². The van der Waals surface area contributed by atoms with Crippen molar-refractivity contribution in [1.82, 2.24) is 10.9 Å². The van der Waals surface area contributed by atoms with Gasteiger partial charge in [-0.05, 0) is 49.4 Å². The summed E-state index contributed by atoms with van der Waals surface area (Å²) in [6, 6.07) is 11.9. The second kappa shape index (κ2) is 13.3. The molecule has 3 amide bonds. The Morgan fingerprint density at radius 3 is 2.31 bits per heavy atom. The number of methoxy groups -OCH3 is 1. The summed E-state index contributed by atoms with van der Waals surface area (Å²) < 4.78 is 16.5. The van der Waals surface area contributed by atoms with E-state index < -0.39 is 11.8 Å². The zero-order chi connectivity index (χ0) is 23.3. The molecule has 0 unspecified atom stereocenters. The molecular weight excluding hydrogens is 482 g/mol. The Hall–Kier alpha value is -3.11. The van der Waals surface area contributed by atoms with Crippen LogP contribution in [0.4, 0.5) is 5.69 Å². The third-order valence-electron chi connectivity index (χ3n) is 4.07. The molecule has 0 aliphatic carbocycles. The lowest BCUT2D eigenvalue weighted by Crippen LogP contribution is -2.42. The van der Waals surface area contributed by atoms with Gasteiger partial charge in [-0.1, -0.05) is 15.9 Å². The van der Waals surface area contributed by atoms with Gasteiger partial charge >= 0.3 is 0 Å². The van der Waals surface area contributed by atoms with E-state index in [0.717, 1.165) is 0 Å². The minimum Gasteiger partial charge on any atom is -0.494 e. The molecule has 0 fully saturated rings. The minimum atomic E-state index is -0.550. The van der Waals surface area contributed by atoms with Gasteiger partial charge in [-0.25, -0.2) is 0 Å². The molecule has 0 atom stereocenters. The number of carbonyl (C=O) groups is 3. The SMILES string of the molecule is CCOc1ccc(NC(=O)CCC(=O)NNC(=O)c2cc(Br)ccc2OCCOC)cc1. The number of halogens is 1. The monoisotopic (exact) mass is 507 g/mol. The molecule has 2 aromatic carbocycles. The number of rotatable bonds is 11. The smallest absolute Gasteiger partial charge is 0.273 e. The van der Waals surface area contributed by atoms with Crippen LogP contribution in [0.2, 0.25) is 0 Å². The highest BCUT2D eigenvalue weighted by Crippen LogP contribution is 2.23. The van der Waals surface area contributed by atoms with Crippen LogP contribution in [0.25, 0.3) is 0 Å². The van der Waals surface area contributed by atoms with Crippen LogP contribution in [0.5, 0.6) is 11.5 Å². The summed E-state index contributed by atoms with van der Waals surface area (Å²) >= 11 is 3.31. The Morgan fingerprint density at radius 2 is 1.62 bits per heavy atom. The number of hydrogen-bond donors (Lipinski definition) is 3. The molecule has 0 spiro atoms. The van der Waals surface area contributed by atoms with Gasteiger partial charge < -0.3 is 19.5 Å². The Morgan fingerprint density at radius 1 is 0.906 bits per heavy atom. The maximum atomic E-state index is 12.5. The first-order valence-corrected chi connectivity index (χ1v) is 10.8. The molecule has 172 valence electrons. The largest absolute Gasteiger partial charge is 0.494 e. The van der Waals surface area contributed by atoms with Crippen LogP contribution in [0.3, 0.4) is 0 Å². The first kappa shape index (κ1) is 25.2. The van der Waals surface area contributed by atoms with Crippen LogP contribution < -0.4 is 25.6 Å². The van der Waals surface area contributed by atoms with Crippen LogP contribution in [0, 0.1) is 0 Å². The normalized spacial score (nSPS) is 10.2. The van der Waals surface area contributed by atoms with Gasteiger partial charge in [-0.2, -0.15) is 0 Å². The van der Waals surface area contributed by atoms with Gasteiger partial charge in [0, 0.05) is 30.1 Å². The van der Waals surface area contributed by atoms with Crippen LogP contribution >= 0.6 is 15.9 Å². The maximum absolute atomic E-state index is 12.5. The van der Waals surface area contributed by atoms with Crippen molar-refractivity contribution in [3.05, 3.63) is 52.5 Å². The fourth-order valence-electron chi connectivity index (χ4n) is 2.55. The quantitative estimate of drug-likeness (QED) is 0.318. The van der Waals surface area contributed by atoms with E-state index in [-0.39, 0.29) is 30.9 Å². The zero-order valence-electron chi connectivity index (χ0n) is 17.9. The third-order valence-corrected chi connectivity index (χ3v) is 4.57. The fourth-order valence-corrected chi connectivity index (χ4v) is 2.91. The number of nitrogens with one attached hydrogen (secondary N) is 3. The van der Waals surface area contributed by atoms with Crippen molar-refractivity contribution in [3.8, 4) is 11.5 Å².